The van der Waals surface area contributed by atoms with Crippen molar-refractivity contribution in [2.24, 2.45) is 7.05 Å². The summed E-state index contributed by atoms with van der Waals surface area (Å²) in [6, 6.07) is 3.58. The molecule has 0 fully saturated rings. The topological polar surface area (TPSA) is 76.4 Å². The van der Waals surface area contributed by atoms with E-state index in [2.05, 4.69) is 10.4 Å². The van der Waals surface area contributed by atoms with Gasteiger partial charge in [0.05, 0.1) is 31.2 Å². The summed E-state index contributed by atoms with van der Waals surface area (Å²) in [4.78, 5) is 11.1. The minimum atomic E-state index is -1.00. The molecule has 0 aliphatic heterocycles. The van der Waals surface area contributed by atoms with Crippen LogP contribution in [0.15, 0.2) is 18.3 Å². The maximum absolute atomic E-state index is 11.1. The van der Waals surface area contributed by atoms with Gasteiger partial charge in [0, 0.05) is 18.1 Å². The van der Waals surface area contributed by atoms with Crippen LogP contribution in [0.4, 0.5) is 5.69 Å². The van der Waals surface area contributed by atoms with Gasteiger partial charge in [-0.1, -0.05) is 11.6 Å². The summed E-state index contributed by atoms with van der Waals surface area (Å²) in [6.07, 6.45) is 1.34. The molecular formula is C14H16ClN3O3. The van der Waals surface area contributed by atoms with Crippen LogP contribution in [0.2, 0.25) is 5.02 Å². The van der Waals surface area contributed by atoms with Gasteiger partial charge in [-0.25, -0.2) is 4.79 Å². The molecule has 0 aliphatic carbocycles. The first-order valence-electron chi connectivity index (χ1n) is 6.26. The minimum Gasteiger partial charge on any atom is -0.495 e. The Morgan fingerprint density at radius 2 is 2.24 bits per heavy atom. The summed E-state index contributed by atoms with van der Waals surface area (Å²) in [6.45, 7) is 2.20. The van der Waals surface area contributed by atoms with Crippen molar-refractivity contribution in [3.05, 3.63) is 40.2 Å². The summed E-state index contributed by atoms with van der Waals surface area (Å²) < 4.78 is 6.81. The Kier molecular flexibility index (Phi) is 4.37. The molecule has 1 heterocycles. The molecule has 0 amide bonds. The number of benzene rings is 1. The predicted octanol–water partition coefficient (Wildman–Crippen LogP) is 2.70. The summed E-state index contributed by atoms with van der Waals surface area (Å²) >= 11 is 6.06. The van der Waals surface area contributed by atoms with Crippen molar-refractivity contribution in [1.82, 2.24) is 9.78 Å². The second-order valence-electron chi connectivity index (χ2n) is 4.59. The number of carboxylic acid groups (broad SMARTS) is 1. The van der Waals surface area contributed by atoms with E-state index in [1.165, 1.54) is 10.9 Å². The molecule has 0 saturated heterocycles. The summed E-state index contributed by atoms with van der Waals surface area (Å²) in [5.74, 6) is -0.399. The molecule has 0 bridgehead atoms. The smallest absolute Gasteiger partial charge is 0.339 e. The van der Waals surface area contributed by atoms with Gasteiger partial charge in [0.15, 0.2) is 0 Å². The molecule has 0 aliphatic rings. The van der Waals surface area contributed by atoms with Crippen LogP contribution in [-0.4, -0.2) is 28.0 Å². The van der Waals surface area contributed by atoms with Crippen LogP contribution in [-0.2, 0) is 13.6 Å². The fourth-order valence-electron chi connectivity index (χ4n) is 2.00. The molecule has 0 radical (unpaired) electrons. The van der Waals surface area contributed by atoms with Crippen LogP contribution in [0.3, 0.4) is 0 Å². The number of nitrogens with zero attached hydrogens (tertiary/aromatic N) is 2. The monoisotopic (exact) mass is 309 g/mol. The van der Waals surface area contributed by atoms with E-state index >= 15 is 0 Å². The summed E-state index contributed by atoms with van der Waals surface area (Å²) in [5.41, 5.74) is 2.41. The van der Waals surface area contributed by atoms with Crippen LogP contribution in [0, 0.1) is 6.92 Å². The van der Waals surface area contributed by atoms with E-state index in [0.29, 0.717) is 23.0 Å². The van der Waals surface area contributed by atoms with E-state index < -0.39 is 5.97 Å². The largest absolute Gasteiger partial charge is 0.495 e. The number of hydrogen-bond donors (Lipinski definition) is 2. The van der Waals surface area contributed by atoms with E-state index in [4.69, 9.17) is 21.4 Å². The zero-order valence-electron chi connectivity index (χ0n) is 12.0. The fourth-order valence-corrected chi connectivity index (χ4v) is 2.15. The van der Waals surface area contributed by atoms with Gasteiger partial charge in [-0.15, -0.1) is 0 Å². The standard InChI is InChI=1S/C14H16ClN3O3/c1-8-4-11(13(21-3)5-10(8)15)16-7-12-9(14(19)20)6-17-18(12)2/h4-6,16H,7H2,1-3H3,(H,19,20). The molecule has 21 heavy (non-hydrogen) atoms. The first-order chi connectivity index (χ1) is 9.93. The molecule has 2 aromatic rings. The van der Waals surface area contributed by atoms with Crippen molar-refractivity contribution >= 4 is 23.3 Å². The summed E-state index contributed by atoms with van der Waals surface area (Å²) in [7, 11) is 3.26. The number of carboxylic acids is 1. The highest BCUT2D eigenvalue weighted by molar-refractivity contribution is 6.31. The van der Waals surface area contributed by atoms with Crippen molar-refractivity contribution in [2.75, 3.05) is 12.4 Å². The van der Waals surface area contributed by atoms with Gasteiger partial charge in [-0.05, 0) is 18.6 Å². The van der Waals surface area contributed by atoms with Gasteiger partial charge in [-0.3, -0.25) is 4.68 Å². The highest BCUT2D eigenvalue weighted by atomic mass is 35.5. The molecule has 1 aromatic carbocycles. The van der Waals surface area contributed by atoms with Crippen molar-refractivity contribution in [2.45, 2.75) is 13.5 Å². The minimum absolute atomic E-state index is 0.176. The molecule has 2 rings (SSSR count). The van der Waals surface area contributed by atoms with Gasteiger partial charge < -0.3 is 15.2 Å². The Hall–Kier alpha value is -2.21. The Bertz CT molecular complexity index is 682. The third kappa shape index (κ3) is 3.11. The van der Waals surface area contributed by atoms with Crippen LogP contribution in [0.25, 0.3) is 0 Å². The Morgan fingerprint density at radius 1 is 1.52 bits per heavy atom. The number of nitrogens with one attached hydrogen (secondary N) is 1. The third-order valence-corrected chi connectivity index (χ3v) is 3.63. The number of rotatable bonds is 5. The predicted molar refractivity (Wildman–Crippen MR) is 80.2 cm³/mol. The zero-order valence-corrected chi connectivity index (χ0v) is 12.7. The van der Waals surface area contributed by atoms with E-state index in [1.54, 1.807) is 20.2 Å². The number of hydrogen-bond acceptors (Lipinski definition) is 4. The quantitative estimate of drug-likeness (QED) is 0.888. The number of aryl methyl sites for hydroxylation is 2. The maximum Gasteiger partial charge on any atom is 0.339 e. The number of methoxy groups -OCH3 is 1. The van der Waals surface area contributed by atoms with Gasteiger partial charge in [0.25, 0.3) is 0 Å². The second kappa shape index (κ2) is 6.05. The molecule has 1 aromatic heterocycles. The Balaban J connectivity index is 2.26. The Labute approximate surface area is 127 Å². The van der Waals surface area contributed by atoms with Gasteiger partial charge in [-0.2, -0.15) is 5.10 Å². The lowest BCUT2D eigenvalue weighted by molar-refractivity contribution is 0.0695. The molecule has 0 spiro atoms. The number of ether oxygens (including phenoxy) is 1. The molecule has 0 atom stereocenters. The van der Waals surface area contributed by atoms with E-state index in [-0.39, 0.29) is 5.56 Å². The first kappa shape index (κ1) is 15.2. The van der Waals surface area contributed by atoms with Crippen molar-refractivity contribution in [1.29, 1.82) is 0 Å². The normalized spacial score (nSPS) is 10.5. The van der Waals surface area contributed by atoms with Gasteiger partial charge in [0.2, 0.25) is 0 Å². The van der Waals surface area contributed by atoms with Crippen molar-refractivity contribution < 1.29 is 14.6 Å². The average molecular weight is 310 g/mol. The first-order valence-corrected chi connectivity index (χ1v) is 6.64. The molecule has 7 heteroatoms. The highest BCUT2D eigenvalue weighted by Gasteiger charge is 2.15. The number of aromatic carboxylic acids is 1. The lowest BCUT2D eigenvalue weighted by atomic mass is 10.2. The lowest BCUT2D eigenvalue weighted by Crippen LogP contribution is -2.10. The number of anilines is 1. The number of halogens is 1. The maximum atomic E-state index is 11.1. The molecule has 0 unspecified atom stereocenters. The van der Waals surface area contributed by atoms with E-state index in [1.807, 2.05) is 13.0 Å². The summed E-state index contributed by atoms with van der Waals surface area (Å²) in [5, 5.41) is 16.9. The molecular weight excluding hydrogens is 294 g/mol. The Morgan fingerprint density at radius 3 is 2.86 bits per heavy atom. The van der Waals surface area contributed by atoms with Crippen molar-refractivity contribution in [3.8, 4) is 5.75 Å². The fraction of sp³-hybridized carbons (Fsp3) is 0.286. The zero-order chi connectivity index (χ0) is 15.6. The van der Waals surface area contributed by atoms with Crippen LogP contribution >= 0.6 is 11.6 Å². The third-order valence-electron chi connectivity index (χ3n) is 3.22. The van der Waals surface area contributed by atoms with Crippen LogP contribution in [0.5, 0.6) is 5.75 Å². The number of aromatic nitrogens is 2. The SMILES string of the molecule is COc1cc(Cl)c(C)cc1NCc1c(C(=O)O)cnn1C. The van der Waals surface area contributed by atoms with Crippen LogP contribution < -0.4 is 10.1 Å². The van der Waals surface area contributed by atoms with E-state index in [9.17, 15) is 4.79 Å². The van der Waals surface area contributed by atoms with Gasteiger partial charge in [0.1, 0.15) is 11.3 Å². The van der Waals surface area contributed by atoms with E-state index in [0.717, 1.165) is 11.3 Å². The van der Waals surface area contributed by atoms with Crippen LogP contribution in [0.1, 0.15) is 21.6 Å². The number of carbonyl (C=O) groups is 1. The lowest BCUT2D eigenvalue weighted by Gasteiger charge is -2.13. The van der Waals surface area contributed by atoms with Crippen molar-refractivity contribution in [3.63, 3.8) is 0 Å². The average Bonchev–Trinajstić information content (AvgIpc) is 2.81. The molecule has 112 valence electrons. The molecule has 6 nitrogen and oxygen atoms in total. The highest BCUT2D eigenvalue weighted by Crippen LogP contribution is 2.31. The molecule has 2 N–H and O–H groups in total. The molecule has 0 saturated carbocycles. The second-order valence-corrected chi connectivity index (χ2v) is 5.00. The van der Waals surface area contributed by atoms with Gasteiger partial charge >= 0.3 is 5.97 Å².